The summed E-state index contributed by atoms with van der Waals surface area (Å²) in [6.07, 6.45) is 1.82. The van der Waals surface area contributed by atoms with E-state index in [0.717, 1.165) is 25.9 Å². The average Bonchev–Trinajstić information content (AvgIpc) is 1.92. The number of fused-ring (bicyclic) bond motifs is 2. The fraction of sp³-hybridized carbons (Fsp3) is 1.00. The highest BCUT2D eigenvalue weighted by Gasteiger charge is 2.40. The summed E-state index contributed by atoms with van der Waals surface area (Å²) in [4.78, 5) is 2.41. The van der Waals surface area contributed by atoms with Gasteiger partial charge >= 0.3 is 0 Å². The Balaban J connectivity index is 2.12. The maximum Gasteiger partial charge on any atom is 0.0650 e. The van der Waals surface area contributed by atoms with Crippen molar-refractivity contribution in [1.29, 1.82) is 0 Å². The lowest BCUT2D eigenvalue weighted by atomic mass is 9.82. The molecule has 0 amide bonds. The van der Waals surface area contributed by atoms with Gasteiger partial charge in [-0.1, -0.05) is 0 Å². The molecule has 0 aromatic carbocycles. The predicted octanol–water partition coefficient (Wildman–Crippen LogP) is -0.197. The second-order valence-electron chi connectivity index (χ2n) is 4.54. The number of hydrogen-bond donors (Lipinski definition) is 2. The van der Waals surface area contributed by atoms with Crippen LogP contribution in [0, 0.1) is 0 Å². The van der Waals surface area contributed by atoms with Crippen LogP contribution in [0.25, 0.3) is 0 Å². The Morgan fingerprint density at radius 2 is 1.83 bits per heavy atom. The van der Waals surface area contributed by atoms with Gasteiger partial charge in [0.1, 0.15) is 0 Å². The molecule has 0 saturated carbocycles. The highest BCUT2D eigenvalue weighted by Crippen LogP contribution is 2.31. The molecule has 2 bridgehead atoms. The van der Waals surface area contributed by atoms with Crippen molar-refractivity contribution in [2.75, 3.05) is 20.1 Å². The largest absolute Gasteiger partial charge is 0.390 e. The molecular formula is C9H18N2O. The molecule has 2 saturated heterocycles. The molecule has 2 rings (SSSR count). The molecule has 12 heavy (non-hydrogen) atoms. The molecule has 2 aliphatic rings. The molecule has 2 N–H and O–H groups in total. The van der Waals surface area contributed by atoms with Crippen LogP contribution in [0.4, 0.5) is 0 Å². The second-order valence-corrected chi connectivity index (χ2v) is 4.54. The van der Waals surface area contributed by atoms with Crippen LogP contribution in [0.15, 0.2) is 0 Å². The maximum atomic E-state index is 9.94. The van der Waals surface area contributed by atoms with Gasteiger partial charge in [-0.25, -0.2) is 0 Å². The van der Waals surface area contributed by atoms with Crippen molar-refractivity contribution in [2.24, 2.45) is 0 Å². The predicted molar refractivity (Wildman–Crippen MR) is 48.1 cm³/mol. The summed E-state index contributed by atoms with van der Waals surface area (Å²) in [7, 11) is 2.17. The van der Waals surface area contributed by atoms with Gasteiger partial charge in [0.05, 0.1) is 5.60 Å². The molecule has 0 aromatic rings. The van der Waals surface area contributed by atoms with E-state index in [-0.39, 0.29) is 0 Å². The topological polar surface area (TPSA) is 35.5 Å². The van der Waals surface area contributed by atoms with Gasteiger partial charge in [0.15, 0.2) is 0 Å². The van der Waals surface area contributed by atoms with Crippen molar-refractivity contribution in [2.45, 2.75) is 37.5 Å². The maximum absolute atomic E-state index is 9.94. The van der Waals surface area contributed by atoms with Crippen LogP contribution < -0.4 is 5.32 Å². The first-order valence-electron chi connectivity index (χ1n) is 4.73. The second kappa shape index (κ2) is 2.69. The van der Waals surface area contributed by atoms with E-state index < -0.39 is 5.60 Å². The Morgan fingerprint density at radius 3 is 2.33 bits per heavy atom. The lowest BCUT2D eigenvalue weighted by Gasteiger charge is -2.49. The number of nitrogens with one attached hydrogen (secondary N) is 1. The SMILES string of the molecule is CN1C2CNCC1CC(C)(O)C2. The number of hydrogen-bond acceptors (Lipinski definition) is 3. The van der Waals surface area contributed by atoms with Gasteiger partial charge in [-0.05, 0) is 26.8 Å². The Bertz CT molecular complexity index is 165. The average molecular weight is 170 g/mol. The van der Waals surface area contributed by atoms with Gasteiger partial charge in [-0.15, -0.1) is 0 Å². The van der Waals surface area contributed by atoms with Crippen LogP contribution in [0.3, 0.4) is 0 Å². The fourth-order valence-corrected chi connectivity index (χ4v) is 2.53. The highest BCUT2D eigenvalue weighted by molar-refractivity contribution is 4.98. The van der Waals surface area contributed by atoms with E-state index in [1.807, 2.05) is 6.92 Å². The van der Waals surface area contributed by atoms with Crippen molar-refractivity contribution >= 4 is 0 Å². The third kappa shape index (κ3) is 1.37. The summed E-state index contributed by atoms with van der Waals surface area (Å²) in [6.45, 7) is 4.03. The Labute approximate surface area is 73.8 Å². The summed E-state index contributed by atoms with van der Waals surface area (Å²) >= 11 is 0. The lowest BCUT2D eigenvalue weighted by Crippen LogP contribution is -2.63. The van der Waals surface area contributed by atoms with Gasteiger partial charge in [0.2, 0.25) is 0 Å². The number of rotatable bonds is 0. The standard InChI is InChI=1S/C9H18N2O/c1-9(12)3-7-5-10-6-8(4-9)11(7)2/h7-8,10,12H,3-6H2,1-2H3. The first-order valence-corrected chi connectivity index (χ1v) is 4.73. The molecule has 3 heteroatoms. The normalized spacial score (nSPS) is 49.2. The number of aliphatic hydroxyl groups is 1. The molecule has 0 aliphatic carbocycles. The highest BCUT2D eigenvalue weighted by atomic mass is 16.3. The minimum Gasteiger partial charge on any atom is -0.390 e. The summed E-state index contributed by atoms with van der Waals surface area (Å²) in [5.41, 5.74) is -0.427. The van der Waals surface area contributed by atoms with Gasteiger partial charge in [0, 0.05) is 25.2 Å². The molecule has 0 aromatic heterocycles. The van der Waals surface area contributed by atoms with Crippen molar-refractivity contribution in [3.05, 3.63) is 0 Å². The zero-order chi connectivity index (χ0) is 8.77. The fourth-order valence-electron chi connectivity index (χ4n) is 2.53. The molecule has 3 nitrogen and oxygen atoms in total. The van der Waals surface area contributed by atoms with E-state index in [1.165, 1.54) is 0 Å². The van der Waals surface area contributed by atoms with E-state index in [0.29, 0.717) is 12.1 Å². The number of nitrogens with zero attached hydrogens (tertiary/aromatic N) is 1. The third-order valence-corrected chi connectivity index (χ3v) is 3.26. The van der Waals surface area contributed by atoms with Crippen molar-refractivity contribution in [3.8, 4) is 0 Å². The molecule has 2 fully saturated rings. The van der Waals surface area contributed by atoms with Gasteiger partial charge in [0.25, 0.3) is 0 Å². The zero-order valence-electron chi connectivity index (χ0n) is 7.88. The lowest BCUT2D eigenvalue weighted by molar-refractivity contribution is -0.0647. The minimum absolute atomic E-state index is 0.427. The molecule has 70 valence electrons. The van der Waals surface area contributed by atoms with Crippen LogP contribution in [0.2, 0.25) is 0 Å². The summed E-state index contributed by atoms with van der Waals surface area (Å²) in [5.74, 6) is 0. The number of likely N-dealkylation sites (N-methyl/N-ethyl adjacent to an activating group) is 1. The van der Waals surface area contributed by atoms with Crippen LogP contribution in [0.5, 0.6) is 0 Å². The van der Waals surface area contributed by atoms with E-state index in [4.69, 9.17) is 0 Å². The third-order valence-electron chi connectivity index (χ3n) is 3.26. The van der Waals surface area contributed by atoms with Crippen molar-refractivity contribution in [1.82, 2.24) is 10.2 Å². The van der Waals surface area contributed by atoms with Crippen LogP contribution in [-0.4, -0.2) is 47.8 Å². The van der Waals surface area contributed by atoms with Crippen LogP contribution in [0.1, 0.15) is 19.8 Å². The summed E-state index contributed by atoms with van der Waals surface area (Å²) in [5, 5.41) is 13.3. The zero-order valence-corrected chi connectivity index (χ0v) is 7.88. The summed E-state index contributed by atoms with van der Waals surface area (Å²) in [6, 6.07) is 1.07. The smallest absolute Gasteiger partial charge is 0.0650 e. The number of piperazine rings is 1. The first-order chi connectivity index (χ1) is 5.58. The van der Waals surface area contributed by atoms with E-state index in [2.05, 4.69) is 17.3 Å². The minimum atomic E-state index is -0.427. The van der Waals surface area contributed by atoms with E-state index in [1.54, 1.807) is 0 Å². The Kier molecular flexibility index (Phi) is 1.90. The van der Waals surface area contributed by atoms with Gasteiger partial charge in [-0.2, -0.15) is 0 Å². The monoisotopic (exact) mass is 170 g/mol. The summed E-state index contributed by atoms with van der Waals surface area (Å²) < 4.78 is 0. The molecule has 2 heterocycles. The van der Waals surface area contributed by atoms with Crippen LogP contribution >= 0.6 is 0 Å². The molecule has 2 unspecified atom stereocenters. The Hall–Kier alpha value is -0.120. The molecule has 0 spiro atoms. The van der Waals surface area contributed by atoms with Gasteiger partial charge in [-0.3, -0.25) is 4.90 Å². The molecular weight excluding hydrogens is 152 g/mol. The van der Waals surface area contributed by atoms with E-state index >= 15 is 0 Å². The van der Waals surface area contributed by atoms with Crippen molar-refractivity contribution < 1.29 is 5.11 Å². The number of piperidine rings is 1. The Morgan fingerprint density at radius 1 is 1.33 bits per heavy atom. The van der Waals surface area contributed by atoms with Crippen LogP contribution in [-0.2, 0) is 0 Å². The quantitative estimate of drug-likeness (QED) is 0.528. The molecule has 0 radical (unpaired) electrons. The van der Waals surface area contributed by atoms with Gasteiger partial charge < -0.3 is 10.4 Å². The van der Waals surface area contributed by atoms with Crippen molar-refractivity contribution in [3.63, 3.8) is 0 Å². The first kappa shape index (κ1) is 8.48. The molecule has 2 atom stereocenters. The molecule has 2 aliphatic heterocycles. The van der Waals surface area contributed by atoms with E-state index in [9.17, 15) is 5.11 Å².